The number of hydrogen-bond donors (Lipinski definition) is 3. The van der Waals surface area contributed by atoms with Gasteiger partial charge in [-0.05, 0) is 46.8 Å². The molecular formula is C16H23F2N3O3. The van der Waals surface area contributed by atoms with Crippen molar-refractivity contribution in [3.05, 3.63) is 23.8 Å². The van der Waals surface area contributed by atoms with E-state index in [4.69, 9.17) is 0 Å². The first-order chi connectivity index (χ1) is 11.0. The average molecular weight is 343 g/mol. The molecule has 3 amide bonds. The molecule has 0 aromatic heterocycles. The van der Waals surface area contributed by atoms with Crippen LogP contribution in [0.4, 0.5) is 19.3 Å². The largest absolute Gasteiger partial charge is 0.434 e. The number of alkyl halides is 2. The first-order valence-corrected chi connectivity index (χ1v) is 7.43. The Balaban J connectivity index is 2.70. The summed E-state index contributed by atoms with van der Waals surface area (Å²) in [7, 11) is 0. The van der Waals surface area contributed by atoms with E-state index in [1.54, 1.807) is 19.9 Å². The first-order valence-electron chi connectivity index (χ1n) is 7.43. The Morgan fingerprint density at radius 2 is 1.83 bits per heavy atom. The molecule has 3 N–H and O–H groups in total. The molecule has 0 fully saturated rings. The Labute approximate surface area is 139 Å². The molecule has 24 heavy (non-hydrogen) atoms. The molecule has 0 aliphatic carbocycles. The van der Waals surface area contributed by atoms with Crippen LogP contribution in [0.5, 0.6) is 5.75 Å². The molecule has 0 aliphatic rings. The van der Waals surface area contributed by atoms with Gasteiger partial charge in [-0.3, -0.25) is 4.79 Å². The molecule has 8 heteroatoms. The molecule has 1 rings (SSSR count). The monoisotopic (exact) mass is 343 g/mol. The van der Waals surface area contributed by atoms with Crippen molar-refractivity contribution in [3.8, 4) is 5.75 Å². The van der Waals surface area contributed by atoms with Crippen molar-refractivity contribution in [2.45, 2.75) is 52.8 Å². The molecule has 0 saturated carbocycles. The molecule has 6 nitrogen and oxygen atoms in total. The second-order valence-corrected chi connectivity index (χ2v) is 6.37. The maximum Gasteiger partial charge on any atom is 0.387 e. The predicted octanol–water partition coefficient (Wildman–Crippen LogP) is 3.02. The summed E-state index contributed by atoms with van der Waals surface area (Å²) >= 11 is 0. The Hall–Kier alpha value is -2.38. The molecule has 1 aromatic carbocycles. The summed E-state index contributed by atoms with van der Waals surface area (Å²) < 4.78 is 29.0. The van der Waals surface area contributed by atoms with Crippen molar-refractivity contribution in [1.29, 1.82) is 0 Å². The Kier molecular flexibility index (Phi) is 6.51. The summed E-state index contributed by atoms with van der Waals surface area (Å²) in [5, 5.41) is 7.75. The number of nitrogens with one attached hydrogen (secondary N) is 3. The lowest BCUT2D eigenvalue weighted by molar-refractivity contribution is -0.123. The highest BCUT2D eigenvalue weighted by molar-refractivity contribution is 5.94. The molecule has 0 heterocycles. The summed E-state index contributed by atoms with van der Waals surface area (Å²) in [6, 6.07) is 3.03. The first kappa shape index (κ1) is 19.7. The third-order valence-corrected chi connectivity index (χ3v) is 2.99. The van der Waals surface area contributed by atoms with Gasteiger partial charge in [0.25, 0.3) is 0 Å². The number of benzene rings is 1. The van der Waals surface area contributed by atoms with Gasteiger partial charge in [-0.2, -0.15) is 8.78 Å². The number of carbonyl (C=O) groups is 2. The van der Waals surface area contributed by atoms with Crippen molar-refractivity contribution >= 4 is 17.6 Å². The van der Waals surface area contributed by atoms with Crippen molar-refractivity contribution < 1.29 is 23.1 Å². The Morgan fingerprint density at radius 3 is 2.38 bits per heavy atom. The zero-order chi connectivity index (χ0) is 18.5. The van der Waals surface area contributed by atoms with Gasteiger partial charge in [0.05, 0.1) is 0 Å². The van der Waals surface area contributed by atoms with Crippen LogP contribution in [0, 0.1) is 6.92 Å². The van der Waals surface area contributed by atoms with E-state index in [9.17, 15) is 18.4 Å². The van der Waals surface area contributed by atoms with E-state index in [1.807, 2.05) is 20.8 Å². The minimum atomic E-state index is -2.95. The lowest BCUT2D eigenvalue weighted by Crippen LogP contribution is -2.51. The average Bonchev–Trinajstić information content (AvgIpc) is 2.40. The van der Waals surface area contributed by atoms with Gasteiger partial charge in [-0.25, -0.2) is 4.79 Å². The normalized spacial score (nSPS) is 12.5. The van der Waals surface area contributed by atoms with Gasteiger partial charge in [0.15, 0.2) is 0 Å². The summed E-state index contributed by atoms with van der Waals surface area (Å²) in [6.07, 6.45) is 0. The van der Waals surface area contributed by atoms with Crippen LogP contribution < -0.4 is 20.7 Å². The number of urea groups is 1. The quantitative estimate of drug-likeness (QED) is 0.769. The number of rotatable bonds is 5. The van der Waals surface area contributed by atoms with E-state index in [1.165, 1.54) is 12.1 Å². The molecular weight excluding hydrogens is 320 g/mol. The van der Waals surface area contributed by atoms with Gasteiger partial charge >= 0.3 is 12.6 Å². The van der Waals surface area contributed by atoms with Crippen LogP contribution in [0.1, 0.15) is 33.3 Å². The third kappa shape index (κ3) is 6.39. The van der Waals surface area contributed by atoms with Crippen LogP contribution in [0.15, 0.2) is 18.2 Å². The number of carbonyl (C=O) groups excluding carboxylic acids is 2. The lowest BCUT2D eigenvalue weighted by atomic mass is 10.1. The number of anilines is 1. The topological polar surface area (TPSA) is 79.5 Å². The minimum absolute atomic E-state index is 0.0266. The van der Waals surface area contributed by atoms with Crippen molar-refractivity contribution in [1.82, 2.24) is 10.6 Å². The van der Waals surface area contributed by atoms with Crippen LogP contribution in [-0.4, -0.2) is 30.1 Å². The van der Waals surface area contributed by atoms with Gasteiger partial charge in [0.2, 0.25) is 5.91 Å². The van der Waals surface area contributed by atoms with Gasteiger partial charge in [0.1, 0.15) is 11.8 Å². The zero-order valence-corrected chi connectivity index (χ0v) is 14.4. The maximum atomic E-state index is 12.3. The molecule has 0 bridgehead atoms. The zero-order valence-electron chi connectivity index (χ0n) is 14.4. The van der Waals surface area contributed by atoms with Crippen LogP contribution in [0.2, 0.25) is 0 Å². The molecule has 0 radical (unpaired) electrons. The van der Waals surface area contributed by atoms with Gasteiger partial charge in [0, 0.05) is 16.8 Å². The molecule has 1 atom stereocenters. The SMILES string of the molecule is Cc1c(NC(=O)NC(C)C(=O)NC(C)(C)C)cccc1OC(F)F. The van der Waals surface area contributed by atoms with E-state index >= 15 is 0 Å². The summed E-state index contributed by atoms with van der Waals surface area (Å²) in [5.74, 6) is -0.356. The molecule has 134 valence electrons. The Bertz CT molecular complexity index is 601. The molecule has 0 aliphatic heterocycles. The van der Waals surface area contributed by atoms with Crippen molar-refractivity contribution in [2.24, 2.45) is 0 Å². The van der Waals surface area contributed by atoms with E-state index < -0.39 is 24.2 Å². The number of ether oxygens (including phenoxy) is 1. The molecule has 1 unspecified atom stereocenters. The van der Waals surface area contributed by atoms with Crippen LogP contribution in [0.25, 0.3) is 0 Å². The Morgan fingerprint density at radius 1 is 1.21 bits per heavy atom. The van der Waals surface area contributed by atoms with Crippen LogP contribution in [0.3, 0.4) is 0 Å². The molecule has 0 spiro atoms. The fraction of sp³-hybridized carbons (Fsp3) is 0.500. The maximum absolute atomic E-state index is 12.3. The van der Waals surface area contributed by atoms with E-state index in [-0.39, 0.29) is 11.7 Å². The van der Waals surface area contributed by atoms with E-state index in [0.29, 0.717) is 11.3 Å². The molecule has 0 saturated heterocycles. The predicted molar refractivity (Wildman–Crippen MR) is 87.3 cm³/mol. The minimum Gasteiger partial charge on any atom is -0.434 e. The second kappa shape index (κ2) is 7.94. The van der Waals surface area contributed by atoms with Gasteiger partial charge < -0.3 is 20.7 Å². The van der Waals surface area contributed by atoms with E-state index in [2.05, 4.69) is 20.7 Å². The number of amides is 3. The van der Waals surface area contributed by atoms with E-state index in [0.717, 1.165) is 0 Å². The second-order valence-electron chi connectivity index (χ2n) is 6.37. The summed E-state index contributed by atoms with van der Waals surface area (Å²) in [4.78, 5) is 23.9. The number of halogens is 2. The highest BCUT2D eigenvalue weighted by Gasteiger charge is 2.21. The van der Waals surface area contributed by atoms with Crippen LogP contribution >= 0.6 is 0 Å². The molecule has 1 aromatic rings. The highest BCUT2D eigenvalue weighted by Crippen LogP contribution is 2.26. The fourth-order valence-electron chi connectivity index (χ4n) is 1.87. The van der Waals surface area contributed by atoms with Crippen molar-refractivity contribution in [3.63, 3.8) is 0 Å². The van der Waals surface area contributed by atoms with Crippen LogP contribution in [-0.2, 0) is 4.79 Å². The number of hydrogen-bond acceptors (Lipinski definition) is 3. The van der Waals surface area contributed by atoms with Crippen molar-refractivity contribution in [2.75, 3.05) is 5.32 Å². The lowest BCUT2D eigenvalue weighted by Gasteiger charge is -2.23. The van der Waals surface area contributed by atoms with Gasteiger partial charge in [-0.15, -0.1) is 0 Å². The summed E-state index contributed by atoms with van der Waals surface area (Å²) in [5.41, 5.74) is 0.259. The fourth-order valence-corrected chi connectivity index (χ4v) is 1.87. The van der Waals surface area contributed by atoms with Gasteiger partial charge in [-0.1, -0.05) is 6.07 Å². The third-order valence-electron chi connectivity index (χ3n) is 2.99. The summed E-state index contributed by atoms with van der Waals surface area (Å²) in [6.45, 7) is 5.63. The highest BCUT2D eigenvalue weighted by atomic mass is 19.3. The smallest absolute Gasteiger partial charge is 0.387 e. The standard InChI is InChI=1S/C16H23F2N3O3/c1-9-11(7-6-8-12(9)24-14(17)18)20-15(23)19-10(2)13(22)21-16(3,4)5/h6-8,10,14H,1-5H3,(H,21,22)(H2,19,20,23).